The molecule has 1 heterocycles. The quantitative estimate of drug-likeness (QED) is 0.502. The molecule has 1 amide bonds. The molecule has 1 N–H and O–H groups in total. The number of hydrogen-bond donors (Lipinski definition) is 1. The van der Waals surface area contributed by atoms with Crippen LogP contribution in [0.1, 0.15) is 26.2 Å². The van der Waals surface area contributed by atoms with E-state index in [0.717, 1.165) is 34.5 Å². The molecule has 0 saturated carbocycles. The minimum atomic E-state index is -0.0397. The van der Waals surface area contributed by atoms with E-state index in [1.807, 2.05) is 30.3 Å². The van der Waals surface area contributed by atoms with Gasteiger partial charge in [0.25, 0.3) is 0 Å². The van der Waals surface area contributed by atoms with E-state index < -0.39 is 0 Å². The highest BCUT2D eigenvalue weighted by Gasteiger charge is 2.16. The number of nitrogens with one attached hydrogen (secondary N) is 1. The summed E-state index contributed by atoms with van der Waals surface area (Å²) < 4.78 is 0.764. The molecule has 2 aromatic rings. The van der Waals surface area contributed by atoms with E-state index in [4.69, 9.17) is 5.26 Å². The van der Waals surface area contributed by atoms with Crippen molar-refractivity contribution >= 4 is 39.8 Å². The minimum Gasteiger partial charge on any atom is -0.360 e. The number of anilines is 2. The van der Waals surface area contributed by atoms with Crippen LogP contribution in [0.5, 0.6) is 0 Å². The second-order valence-electron chi connectivity index (χ2n) is 5.23. The molecule has 1 aromatic heterocycles. The van der Waals surface area contributed by atoms with Crippen LogP contribution in [0.15, 0.2) is 34.7 Å². The highest BCUT2D eigenvalue weighted by Crippen LogP contribution is 2.26. The number of hydrogen-bond acceptors (Lipinski definition) is 7. The third-order valence-electron chi connectivity index (χ3n) is 3.35. The monoisotopic (exact) mass is 375 g/mol. The normalized spacial score (nSPS) is 10.2. The number of unbranched alkanes of at least 4 members (excludes halogenated alkanes) is 1. The molecule has 0 aliphatic heterocycles. The number of amides is 1. The van der Waals surface area contributed by atoms with Gasteiger partial charge in [0.05, 0.1) is 18.2 Å². The molecule has 0 aliphatic carbocycles. The maximum Gasteiger partial charge on any atom is 0.237 e. The zero-order valence-electron chi connectivity index (χ0n) is 14.1. The smallest absolute Gasteiger partial charge is 0.237 e. The summed E-state index contributed by atoms with van der Waals surface area (Å²) in [6.07, 6.45) is 2.51. The summed E-state index contributed by atoms with van der Waals surface area (Å²) in [5.41, 5.74) is 0.808. The van der Waals surface area contributed by atoms with Crippen molar-refractivity contribution in [1.29, 1.82) is 5.26 Å². The maximum absolute atomic E-state index is 12.6. The molecule has 25 heavy (non-hydrogen) atoms. The van der Waals surface area contributed by atoms with Gasteiger partial charge in [0.1, 0.15) is 0 Å². The van der Waals surface area contributed by atoms with Crippen LogP contribution in [0.4, 0.5) is 10.8 Å². The zero-order chi connectivity index (χ0) is 17.9. The van der Waals surface area contributed by atoms with E-state index in [1.165, 1.54) is 23.1 Å². The Labute approximate surface area is 156 Å². The van der Waals surface area contributed by atoms with Crippen LogP contribution in [-0.2, 0) is 4.79 Å². The van der Waals surface area contributed by atoms with Crippen LogP contribution >= 0.6 is 23.1 Å². The van der Waals surface area contributed by atoms with Crippen molar-refractivity contribution in [2.24, 2.45) is 0 Å². The molecule has 0 bridgehead atoms. The van der Waals surface area contributed by atoms with Crippen LogP contribution in [0.25, 0.3) is 0 Å². The van der Waals surface area contributed by atoms with E-state index in [-0.39, 0.29) is 11.7 Å². The summed E-state index contributed by atoms with van der Waals surface area (Å²) in [6.45, 7) is 3.41. The van der Waals surface area contributed by atoms with Crippen LogP contribution < -0.4 is 10.2 Å². The van der Waals surface area contributed by atoms with E-state index in [2.05, 4.69) is 28.5 Å². The Morgan fingerprint density at radius 3 is 2.88 bits per heavy atom. The van der Waals surface area contributed by atoms with Gasteiger partial charge in [-0.2, -0.15) is 5.26 Å². The summed E-state index contributed by atoms with van der Waals surface area (Å²) in [6, 6.07) is 11.5. The lowest BCUT2D eigenvalue weighted by atomic mass is 10.2. The standard InChI is InChI=1S/C17H21N5OS2/c1-2-3-11-19-16-20-21-17(25-16)24-13-15(23)22(12-7-10-18)14-8-5-4-6-9-14/h4-6,8-9H,2-3,7,11-13H2,1H3,(H,19,20). The number of nitrogens with zero attached hydrogens (tertiary/aromatic N) is 4. The SMILES string of the molecule is CCCCNc1nnc(SCC(=O)N(CCC#N)c2ccccc2)s1. The Hall–Kier alpha value is -2.11. The molecule has 0 unspecified atom stereocenters. The minimum absolute atomic E-state index is 0.0397. The lowest BCUT2D eigenvalue weighted by Gasteiger charge is -2.21. The molecule has 0 aliphatic rings. The number of benzene rings is 1. The topological polar surface area (TPSA) is 81.9 Å². The van der Waals surface area contributed by atoms with Crippen LogP contribution in [0.3, 0.4) is 0 Å². The molecular formula is C17H21N5OS2. The number of rotatable bonds is 10. The Kier molecular flexibility index (Phi) is 8.22. The van der Waals surface area contributed by atoms with Crippen molar-refractivity contribution in [3.8, 4) is 6.07 Å². The highest BCUT2D eigenvalue weighted by molar-refractivity contribution is 8.01. The third-order valence-corrected chi connectivity index (χ3v) is 5.35. The zero-order valence-corrected chi connectivity index (χ0v) is 15.8. The molecule has 0 saturated heterocycles. The van der Waals surface area contributed by atoms with Crippen molar-refractivity contribution in [2.45, 2.75) is 30.5 Å². The van der Waals surface area contributed by atoms with Crippen LogP contribution in [0, 0.1) is 11.3 Å². The van der Waals surface area contributed by atoms with Gasteiger partial charge < -0.3 is 10.2 Å². The summed E-state index contributed by atoms with van der Waals surface area (Å²) in [5, 5.41) is 21.0. The molecule has 132 valence electrons. The molecule has 0 spiro atoms. The van der Waals surface area contributed by atoms with E-state index in [9.17, 15) is 4.79 Å². The van der Waals surface area contributed by atoms with Gasteiger partial charge in [-0.1, -0.05) is 54.6 Å². The van der Waals surface area contributed by atoms with Gasteiger partial charge in [-0.15, -0.1) is 10.2 Å². The summed E-state index contributed by atoms with van der Waals surface area (Å²) >= 11 is 2.83. The van der Waals surface area contributed by atoms with Crippen LogP contribution in [-0.4, -0.2) is 34.9 Å². The molecule has 0 atom stereocenters. The molecule has 8 heteroatoms. The number of carbonyl (C=O) groups excluding carboxylic acids is 1. The van der Waals surface area contributed by atoms with E-state index in [0.29, 0.717) is 13.0 Å². The molecular weight excluding hydrogens is 354 g/mol. The van der Waals surface area contributed by atoms with Gasteiger partial charge in [-0.05, 0) is 18.6 Å². The first-order valence-corrected chi connectivity index (χ1v) is 9.97. The predicted molar refractivity (Wildman–Crippen MR) is 103 cm³/mol. The molecule has 2 rings (SSSR count). The second-order valence-corrected chi connectivity index (χ2v) is 7.43. The number of para-hydroxylation sites is 1. The number of nitriles is 1. The van der Waals surface area contributed by atoms with Gasteiger partial charge in [0.15, 0.2) is 4.34 Å². The van der Waals surface area contributed by atoms with Gasteiger partial charge in [-0.3, -0.25) is 4.79 Å². The predicted octanol–water partition coefficient (Wildman–Crippen LogP) is 3.79. The fourth-order valence-corrected chi connectivity index (χ4v) is 3.73. The van der Waals surface area contributed by atoms with Crippen molar-refractivity contribution < 1.29 is 4.79 Å². The Balaban J connectivity index is 1.91. The van der Waals surface area contributed by atoms with Crippen molar-refractivity contribution in [3.05, 3.63) is 30.3 Å². The fourth-order valence-electron chi connectivity index (χ4n) is 2.08. The first kappa shape index (κ1) is 19.2. The average Bonchev–Trinajstić information content (AvgIpc) is 3.09. The number of thioether (sulfide) groups is 1. The van der Waals surface area contributed by atoms with Gasteiger partial charge in [0, 0.05) is 18.8 Å². The van der Waals surface area contributed by atoms with Crippen molar-refractivity contribution in [3.63, 3.8) is 0 Å². The maximum atomic E-state index is 12.6. The van der Waals surface area contributed by atoms with E-state index >= 15 is 0 Å². The molecule has 6 nitrogen and oxygen atoms in total. The molecule has 0 radical (unpaired) electrons. The lowest BCUT2D eigenvalue weighted by molar-refractivity contribution is -0.116. The first-order chi connectivity index (χ1) is 12.2. The van der Waals surface area contributed by atoms with Gasteiger partial charge in [-0.25, -0.2) is 0 Å². The van der Waals surface area contributed by atoms with Crippen molar-refractivity contribution in [2.75, 3.05) is 29.1 Å². The Bertz CT molecular complexity index is 699. The van der Waals surface area contributed by atoms with E-state index in [1.54, 1.807) is 4.90 Å². The molecule has 1 aromatic carbocycles. The second kappa shape index (κ2) is 10.7. The average molecular weight is 376 g/mol. The van der Waals surface area contributed by atoms with Crippen molar-refractivity contribution in [1.82, 2.24) is 10.2 Å². The number of aromatic nitrogens is 2. The first-order valence-electron chi connectivity index (χ1n) is 8.17. The summed E-state index contributed by atoms with van der Waals surface area (Å²) in [7, 11) is 0. The number of carbonyl (C=O) groups is 1. The third kappa shape index (κ3) is 6.36. The lowest BCUT2D eigenvalue weighted by Crippen LogP contribution is -2.33. The Morgan fingerprint density at radius 2 is 2.16 bits per heavy atom. The van der Waals surface area contributed by atoms with Crippen LogP contribution in [0.2, 0.25) is 0 Å². The fraction of sp³-hybridized carbons (Fsp3) is 0.412. The Morgan fingerprint density at radius 1 is 1.36 bits per heavy atom. The largest absolute Gasteiger partial charge is 0.360 e. The van der Waals surface area contributed by atoms with Gasteiger partial charge in [0.2, 0.25) is 11.0 Å². The van der Waals surface area contributed by atoms with Gasteiger partial charge >= 0.3 is 0 Å². The highest BCUT2D eigenvalue weighted by atomic mass is 32.2. The molecule has 0 fully saturated rings. The summed E-state index contributed by atoms with van der Waals surface area (Å²) in [4.78, 5) is 14.2. The summed E-state index contributed by atoms with van der Waals surface area (Å²) in [5.74, 6) is 0.228.